The van der Waals surface area contributed by atoms with E-state index >= 15 is 0 Å². The average Bonchev–Trinajstić information content (AvgIpc) is 2.73. The van der Waals surface area contributed by atoms with E-state index < -0.39 is 0 Å². The molecule has 0 atom stereocenters. The molecule has 0 fully saturated rings. The number of hydrogen-bond donors (Lipinski definition) is 2. The highest BCUT2D eigenvalue weighted by molar-refractivity contribution is 5.86. The van der Waals surface area contributed by atoms with Crippen molar-refractivity contribution in [3.05, 3.63) is 59.7 Å². The zero-order valence-electron chi connectivity index (χ0n) is 17.8. The molecular formula is C22H28N6O2. The maximum absolute atomic E-state index is 11.8. The fraction of sp³-hybridized carbons (Fsp3) is 0.273. The third kappa shape index (κ3) is 7.75. The predicted octanol–water partition coefficient (Wildman–Crippen LogP) is 2.20. The number of benzene rings is 2. The maximum Gasteiger partial charge on any atom is 0.240 e. The van der Waals surface area contributed by atoms with Crippen molar-refractivity contribution in [3.63, 3.8) is 0 Å². The summed E-state index contributed by atoms with van der Waals surface area (Å²) < 4.78 is 0. The lowest BCUT2D eigenvalue weighted by molar-refractivity contribution is -0.126. The Kier molecular flexibility index (Phi) is 8.56. The van der Waals surface area contributed by atoms with Gasteiger partial charge in [-0.2, -0.15) is 10.2 Å². The number of amides is 2. The number of anilines is 2. The molecule has 8 heteroatoms. The minimum absolute atomic E-state index is 0.0236. The van der Waals surface area contributed by atoms with E-state index in [4.69, 9.17) is 0 Å². The molecule has 0 aliphatic rings. The van der Waals surface area contributed by atoms with Crippen LogP contribution < -0.4 is 20.7 Å². The molecule has 8 nitrogen and oxygen atoms in total. The van der Waals surface area contributed by atoms with Crippen LogP contribution in [-0.4, -0.2) is 52.4 Å². The molecule has 158 valence electrons. The molecule has 0 radical (unpaired) electrons. The zero-order valence-corrected chi connectivity index (χ0v) is 17.8. The van der Waals surface area contributed by atoms with Crippen molar-refractivity contribution in [1.82, 2.24) is 10.9 Å². The Labute approximate surface area is 177 Å². The SMILES string of the molecule is CN(C)c1ccc(/C=N\NC(=O)CCC(=O)N/N=C\c2ccc(N(C)C)cc2)cc1. The van der Waals surface area contributed by atoms with E-state index in [0.29, 0.717) is 0 Å². The molecule has 0 aliphatic heterocycles. The minimum Gasteiger partial charge on any atom is -0.378 e. The van der Waals surface area contributed by atoms with E-state index in [1.165, 1.54) is 0 Å². The van der Waals surface area contributed by atoms with Crippen LogP contribution in [0, 0.1) is 0 Å². The Hall–Kier alpha value is -3.68. The summed E-state index contributed by atoms with van der Waals surface area (Å²) in [5.41, 5.74) is 8.73. The minimum atomic E-state index is -0.338. The topological polar surface area (TPSA) is 89.4 Å². The molecule has 0 saturated heterocycles. The van der Waals surface area contributed by atoms with Gasteiger partial charge in [0.05, 0.1) is 12.4 Å². The lowest BCUT2D eigenvalue weighted by Gasteiger charge is -2.11. The summed E-state index contributed by atoms with van der Waals surface area (Å²) in [6.07, 6.45) is 3.16. The monoisotopic (exact) mass is 408 g/mol. The molecule has 2 N–H and O–H groups in total. The summed E-state index contributed by atoms with van der Waals surface area (Å²) in [7, 11) is 7.86. The summed E-state index contributed by atoms with van der Waals surface area (Å²) in [6.45, 7) is 0. The molecule has 2 aromatic rings. The van der Waals surface area contributed by atoms with Gasteiger partial charge in [-0.25, -0.2) is 10.9 Å². The maximum atomic E-state index is 11.8. The van der Waals surface area contributed by atoms with Gasteiger partial charge >= 0.3 is 0 Å². The van der Waals surface area contributed by atoms with Crippen molar-refractivity contribution < 1.29 is 9.59 Å². The van der Waals surface area contributed by atoms with Gasteiger partial charge in [-0.05, 0) is 35.4 Å². The van der Waals surface area contributed by atoms with Gasteiger partial charge in [-0.1, -0.05) is 24.3 Å². The molecule has 2 aromatic carbocycles. The molecule has 0 aromatic heterocycles. The van der Waals surface area contributed by atoms with Crippen LogP contribution in [0.2, 0.25) is 0 Å². The summed E-state index contributed by atoms with van der Waals surface area (Å²) in [4.78, 5) is 27.6. The predicted molar refractivity (Wildman–Crippen MR) is 122 cm³/mol. The number of nitrogens with zero attached hydrogens (tertiary/aromatic N) is 4. The van der Waals surface area contributed by atoms with Gasteiger partial charge in [-0.15, -0.1) is 0 Å². The van der Waals surface area contributed by atoms with Crippen molar-refractivity contribution in [1.29, 1.82) is 0 Å². The van der Waals surface area contributed by atoms with Gasteiger partial charge in [0.2, 0.25) is 11.8 Å². The van der Waals surface area contributed by atoms with Crippen LogP contribution in [-0.2, 0) is 9.59 Å². The van der Waals surface area contributed by atoms with Gasteiger partial charge in [0, 0.05) is 52.4 Å². The Balaban J connectivity index is 1.69. The van der Waals surface area contributed by atoms with Crippen LogP contribution in [0.15, 0.2) is 58.7 Å². The van der Waals surface area contributed by atoms with Gasteiger partial charge in [0.1, 0.15) is 0 Å². The number of carbonyl (C=O) groups excluding carboxylic acids is 2. The number of hydrazone groups is 2. The van der Waals surface area contributed by atoms with E-state index in [9.17, 15) is 9.59 Å². The summed E-state index contributed by atoms with van der Waals surface area (Å²) in [5.74, 6) is -0.677. The normalized spacial score (nSPS) is 10.9. The van der Waals surface area contributed by atoms with Gasteiger partial charge in [0.25, 0.3) is 0 Å². The number of carbonyl (C=O) groups is 2. The molecular weight excluding hydrogens is 380 g/mol. The van der Waals surface area contributed by atoms with Gasteiger partial charge < -0.3 is 9.80 Å². The van der Waals surface area contributed by atoms with E-state index in [1.54, 1.807) is 12.4 Å². The highest BCUT2D eigenvalue weighted by atomic mass is 16.2. The Morgan fingerprint density at radius 3 is 1.33 bits per heavy atom. The molecule has 30 heavy (non-hydrogen) atoms. The van der Waals surface area contributed by atoms with E-state index in [-0.39, 0.29) is 24.7 Å². The number of nitrogens with one attached hydrogen (secondary N) is 2. The second kappa shape index (κ2) is 11.4. The standard InChI is InChI=1S/C22H28N6O2/c1-27(2)19-9-5-17(6-10-19)15-23-25-21(29)13-14-22(30)26-24-16-18-7-11-20(12-8-18)28(3)4/h5-12,15-16H,13-14H2,1-4H3,(H,25,29)(H,26,30)/b23-15-,24-16-. The van der Waals surface area contributed by atoms with E-state index in [0.717, 1.165) is 22.5 Å². The van der Waals surface area contributed by atoms with Crippen LogP contribution in [0.25, 0.3) is 0 Å². The first-order chi connectivity index (χ1) is 14.3. The molecule has 0 unspecified atom stereocenters. The quantitative estimate of drug-likeness (QED) is 0.492. The third-order valence-corrected chi connectivity index (χ3v) is 4.20. The van der Waals surface area contributed by atoms with Crippen LogP contribution in [0.4, 0.5) is 11.4 Å². The Morgan fingerprint density at radius 2 is 1.03 bits per heavy atom. The van der Waals surface area contributed by atoms with Crippen molar-refractivity contribution in [2.45, 2.75) is 12.8 Å². The van der Waals surface area contributed by atoms with Crippen molar-refractivity contribution in [2.24, 2.45) is 10.2 Å². The summed E-state index contributed by atoms with van der Waals surface area (Å²) >= 11 is 0. The van der Waals surface area contributed by atoms with Crippen LogP contribution in [0.1, 0.15) is 24.0 Å². The molecule has 0 bridgehead atoms. The van der Waals surface area contributed by atoms with Crippen LogP contribution >= 0.6 is 0 Å². The zero-order chi connectivity index (χ0) is 21.9. The Bertz CT molecular complexity index is 811. The average molecular weight is 409 g/mol. The lowest BCUT2D eigenvalue weighted by Crippen LogP contribution is -2.22. The highest BCUT2D eigenvalue weighted by Crippen LogP contribution is 2.11. The third-order valence-electron chi connectivity index (χ3n) is 4.20. The highest BCUT2D eigenvalue weighted by Gasteiger charge is 2.05. The molecule has 2 amide bonds. The molecule has 0 aliphatic carbocycles. The van der Waals surface area contributed by atoms with Gasteiger partial charge in [0.15, 0.2) is 0 Å². The van der Waals surface area contributed by atoms with Gasteiger partial charge in [-0.3, -0.25) is 9.59 Å². The first kappa shape index (κ1) is 22.6. The van der Waals surface area contributed by atoms with E-state index in [1.807, 2.05) is 86.5 Å². The largest absolute Gasteiger partial charge is 0.378 e. The van der Waals surface area contributed by atoms with Crippen LogP contribution in [0.5, 0.6) is 0 Å². The first-order valence-electron chi connectivity index (χ1n) is 9.54. The second-order valence-corrected chi connectivity index (χ2v) is 7.06. The van der Waals surface area contributed by atoms with Crippen molar-refractivity contribution in [2.75, 3.05) is 38.0 Å². The number of hydrogen-bond acceptors (Lipinski definition) is 6. The van der Waals surface area contributed by atoms with Crippen molar-refractivity contribution >= 4 is 35.6 Å². The lowest BCUT2D eigenvalue weighted by atomic mass is 10.2. The van der Waals surface area contributed by atoms with Crippen molar-refractivity contribution in [3.8, 4) is 0 Å². The smallest absolute Gasteiger partial charge is 0.240 e. The summed E-state index contributed by atoms with van der Waals surface area (Å²) in [6, 6.07) is 15.5. The second-order valence-electron chi connectivity index (χ2n) is 7.06. The summed E-state index contributed by atoms with van der Waals surface area (Å²) in [5, 5.41) is 7.82. The Morgan fingerprint density at radius 1 is 0.700 bits per heavy atom. The fourth-order valence-electron chi connectivity index (χ4n) is 2.41. The molecule has 0 heterocycles. The number of rotatable bonds is 9. The van der Waals surface area contributed by atoms with E-state index in [2.05, 4.69) is 21.1 Å². The van der Waals surface area contributed by atoms with Crippen LogP contribution in [0.3, 0.4) is 0 Å². The molecule has 0 spiro atoms. The molecule has 2 rings (SSSR count). The first-order valence-corrected chi connectivity index (χ1v) is 9.54. The molecule has 0 saturated carbocycles. The fourth-order valence-corrected chi connectivity index (χ4v) is 2.41.